The molecule has 2 heterocycles. The minimum Gasteiger partial charge on any atom is -0.360 e. The molecule has 1 aromatic carbocycles. The molecule has 3 aromatic rings. The smallest absolute Gasteiger partial charge is 0.202 e. The SMILES string of the molecule is c1ccc(-c2nc(CCNc3nc(C4CC4)ns3)cs2)cc1. The molecule has 0 bridgehead atoms. The van der Waals surface area contributed by atoms with Crippen LogP contribution in [0.1, 0.15) is 30.3 Å². The number of thiazole rings is 1. The molecule has 0 spiro atoms. The van der Waals surface area contributed by atoms with Crippen LogP contribution in [0.2, 0.25) is 0 Å². The summed E-state index contributed by atoms with van der Waals surface area (Å²) in [5.41, 5.74) is 2.31. The van der Waals surface area contributed by atoms with Gasteiger partial charge >= 0.3 is 0 Å². The van der Waals surface area contributed by atoms with Crippen molar-refractivity contribution in [1.82, 2.24) is 14.3 Å². The minimum atomic E-state index is 0.624. The molecule has 1 aliphatic carbocycles. The van der Waals surface area contributed by atoms with Gasteiger partial charge in [0.25, 0.3) is 0 Å². The Balaban J connectivity index is 1.33. The molecular weight excluding hydrogens is 312 g/mol. The molecule has 0 aliphatic heterocycles. The van der Waals surface area contributed by atoms with Crippen molar-refractivity contribution in [3.05, 3.63) is 47.2 Å². The Labute approximate surface area is 137 Å². The van der Waals surface area contributed by atoms with Crippen LogP contribution in [0.3, 0.4) is 0 Å². The highest BCUT2D eigenvalue weighted by Gasteiger charge is 2.27. The van der Waals surface area contributed by atoms with Crippen molar-refractivity contribution in [2.75, 3.05) is 11.9 Å². The lowest BCUT2D eigenvalue weighted by Crippen LogP contribution is -2.04. The van der Waals surface area contributed by atoms with Crippen molar-refractivity contribution in [2.45, 2.75) is 25.2 Å². The van der Waals surface area contributed by atoms with Crippen LogP contribution in [0, 0.1) is 0 Å². The van der Waals surface area contributed by atoms with Crippen LogP contribution in [-0.4, -0.2) is 20.9 Å². The van der Waals surface area contributed by atoms with Gasteiger partial charge in [0.2, 0.25) is 5.13 Å². The zero-order chi connectivity index (χ0) is 14.8. The Morgan fingerprint density at radius 2 is 2.00 bits per heavy atom. The van der Waals surface area contributed by atoms with Crippen molar-refractivity contribution in [3.63, 3.8) is 0 Å². The third-order valence-electron chi connectivity index (χ3n) is 3.61. The summed E-state index contributed by atoms with van der Waals surface area (Å²) in [5, 5.41) is 7.51. The van der Waals surface area contributed by atoms with Gasteiger partial charge in [-0.2, -0.15) is 4.37 Å². The largest absolute Gasteiger partial charge is 0.360 e. The van der Waals surface area contributed by atoms with Gasteiger partial charge in [-0.05, 0) is 12.8 Å². The zero-order valence-electron chi connectivity index (χ0n) is 12.0. The first-order chi connectivity index (χ1) is 10.9. The van der Waals surface area contributed by atoms with Gasteiger partial charge in [0.15, 0.2) is 0 Å². The van der Waals surface area contributed by atoms with Gasteiger partial charge in [0, 0.05) is 41.4 Å². The molecule has 0 saturated heterocycles. The summed E-state index contributed by atoms with van der Waals surface area (Å²) in [6.45, 7) is 0.845. The van der Waals surface area contributed by atoms with Gasteiger partial charge in [0.1, 0.15) is 10.8 Å². The summed E-state index contributed by atoms with van der Waals surface area (Å²) < 4.78 is 4.40. The zero-order valence-corrected chi connectivity index (χ0v) is 13.7. The van der Waals surface area contributed by atoms with E-state index < -0.39 is 0 Å². The van der Waals surface area contributed by atoms with Crippen LogP contribution in [0.4, 0.5) is 5.13 Å². The highest BCUT2D eigenvalue weighted by atomic mass is 32.1. The Morgan fingerprint density at radius 1 is 1.14 bits per heavy atom. The van der Waals surface area contributed by atoms with Crippen molar-refractivity contribution < 1.29 is 0 Å². The van der Waals surface area contributed by atoms with E-state index in [4.69, 9.17) is 4.98 Å². The van der Waals surface area contributed by atoms with Crippen molar-refractivity contribution >= 4 is 28.0 Å². The van der Waals surface area contributed by atoms with Gasteiger partial charge in [-0.15, -0.1) is 11.3 Å². The number of nitrogens with one attached hydrogen (secondary N) is 1. The number of benzene rings is 1. The van der Waals surface area contributed by atoms with E-state index in [9.17, 15) is 0 Å². The first kappa shape index (κ1) is 13.8. The summed E-state index contributed by atoms with van der Waals surface area (Å²) in [6.07, 6.45) is 3.40. The van der Waals surface area contributed by atoms with Crippen LogP contribution in [0.25, 0.3) is 10.6 Å². The Hall–Kier alpha value is -1.79. The summed E-state index contributed by atoms with van der Waals surface area (Å²) in [4.78, 5) is 9.24. The molecular formula is C16H16N4S2. The first-order valence-electron chi connectivity index (χ1n) is 7.46. The van der Waals surface area contributed by atoms with Gasteiger partial charge in [0.05, 0.1) is 5.69 Å². The molecule has 0 amide bonds. The molecule has 4 rings (SSSR count). The van der Waals surface area contributed by atoms with Crippen LogP contribution < -0.4 is 5.32 Å². The molecule has 2 aromatic heterocycles. The van der Waals surface area contributed by atoms with E-state index in [0.717, 1.165) is 34.6 Å². The number of anilines is 1. The van der Waals surface area contributed by atoms with E-state index in [1.165, 1.54) is 29.9 Å². The van der Waals surface area contributed by atoms with Crippen LogP contribution >= 0.6 is 22.9 Å². The van der Waals surface area contributed by atoms with E-state index in [1.54, 1.807) is 11.3 Å². The van der Waals surface area contributed by atoms with Crippen molar-refractivity contribution in [1.29, 1.82) is 0 Å². The van der Waals surface area contributed by atoms with Crippen molar-refractivity contribution in [3.8, 4) is 10.6 Å². The van der Waals surface area contributed by atoms with E-state index >= 15 is 0 Å². The average Bonchev–Trinajstić information content (AvgIpc) is 3.11. The maximum Gasteiger partial charge on any atom is 0.202 e. The molecule has 1 aliphatic rings. The lowest BCUT2D eigenvalue weighted by molar-refractivity contribution is 0.955. The molecule has 0 atom stereocenters. The molecule has 4 nitrogen and oxygen atoms in total. The molecule has 1 saturated carbocycles. The predicted octanol–water partition coefficient (Wildman–Crippen LogP) is 4.19. The van der Waals surface area contributed by atoms with E-state index in [-0.39, 0.29) is 0 Å². The van der Waals surface area contributed by atoms with Gasteiger partial charge in [-0.25, -0.2) is 9.97 Å². The lowest BCUT2D eigenvalue weighted by Gasteiger charge is -1.99. The molecule has 1 N–H and O–H groups in total. The maximum absolute atomic E-state index is 4.70. The number of rotatable bonds is 6. The average molecular weight is 328 g/mol. The summed E-state index contributed by atoms with van der Waals surface area (Å²) in [5.74, 6) is 1.64. The summed E-state index contributed by atoms with van der Waals surface area (Å²) in [6, 6.07) is 10.3. The highest BCUT2D eigenvalue weighted by Crippen LogP contribution is 2.39. The maximum atomic E-state index is 4.70. The molecule has 1 fully saturated rings. The summed E-state index contributed by atoms with van der Waals surface area (Å²) >= 11 is 3.17. The highest BCUT2D eigenvalue weighted by molar-refractivity contribution is 7.13. The van der Waals surface area contributed by atoms with E-state index in [1.807, 2.05) is 18.2 Å². The number of hydrogen-bond acceptors (Lipinski definition) is 6. The van der Waals surface area contributed by atoms with Gasteiger partial charge < -0.3 is 5.32 Å². The molecule has 0 radical (unpaired) electrons. The third kappa shape index (κ3) is 3.18. The summed E-state index contributed by atoms with van der Waals surface area (Å²) in [7, 11) is 0. The minimum absolute atomic E-state index is 0.624. The fourth-order valence-electron chi connectivity index (χ4n) is 2.25. The second kappa shape index (κ2) is 6.14. The van der Waals surface area contributed by atoms with E-state index in [2.05, 4.69) is 32.2 Å². The second-order valence-corrected chi connectivity index (χ2v) is 7.03. The monoisotopic (exact) mass is 328 g/mol. The molecule has 112 valence electrons. The van der Waals surface area contributed by atoms with Crippen LogP contribution in [0.5, 0.6) is 0 Å². The fourth-order valence-corrected chi connectivity index (χ4v) is 3.78. The van der Waals surface area contributed by atoms with Gasteiger partial charge in [-0.3, -0.25) is 0 Å². The first-order valence-corrected chi connectivity index (χ1v) is 9.11. The molecule has 0 unspecified atom stereocenters. The lowest BCUT2D eigenvalue weighted by atomic mass is 10.2. The topological polar surface area (TPSA) is 50.7 Å². The Morgan fingerprint density at radius 3 is 2.82 bits per heavy atom. The van der Waals surface area contributed by atoms with Crippen LogP contribution in [0.15, 0.2) is 35.7 Å². The normalized spacial score (nSPS) is 14.2. The van der Waals surface area contributed by atoms with E-state index in [0.29, 0.717) is 5.92 Å². The molecule has 6 heteroatoms. The van der Waals surface area contributed by atoms with Gasteiger partial charge in [-0.1, -0.05) is 30.3 Å². The van der Waals surface area contributed by atoms with Crippen molar-refractivity contribution in [2.24, 2.45) is 0 Å². The standard InChI is InChI=1S/C16H16N4S2/c1-2-4-12(5-3-1)15-18-13(10-21-15)8-9-17-16-19-14(20-22-16)11-6-7-11/h1-5,10-11H,6-9H2,(H,17,19,20). The second-order valence-electron chi connectivity index (χ2n) is 5.42. The number of nitrogens with zero attached hydrogens (tertiary/aromatic N) is 3. The quantitative estimate of drug-likeness (QED) is 0.737. The number of hydrogen-bond donors (Lipinski definition) is 1. The fraction of sp³-hybridized carbons (Fsp3) is 0.312. The number of aromatic nitrogens is 3. The molecule has 22 heavy (non-hydrogen) atoms. The Kier molecular flexibility index (Phi) is 3.86. The third-order valence-corrected chi connectivity index (χ3v) is 5.24. The predicted molar refractivity (Wildman–Crippen MR) is 91.6 cm³/mol. The van der Waals surface area contributed by atoms with Crippen LogP contribution in [-0.2, 0) is 6.42 Å². The Bertz CT molecular complexity index is 746.